The summed E-state index contributed by atoms with van der Waals surface area (Å²) in [6, 6.07) is 3.63. The van der Waals surface area contributed by atoms with Crippen molar-refractivity contribution in [3.63, 3.8) is 0 Å². The van der Waals surface area contributed by atoms with Crippen LogP contribution in [0.5, 0.6) is 0 Å². The van der Waals surface area contributed by atoms with Gasteiger partial charge in [-0.05, 0) is 67.1 Å². The molecular formula is C29H26N6O16S4. The molecule has 0 bridgehead atoms. The lowest BCUT2D eigenvalue weighted by Gasteiger charge is -2.17. The van der Waals surface area contributed by atoms with Crippen LogP contribution < -0.4 is 15.9 Å². The van der Waals surface area contributed by atoms with Gasteiger partial charge in [-0.2, -0.15) is 43.8 Å². The largest absolute Gasteiger partial charge is 0.354 e. The number of aromatic amines is 1. The number of rotatable bonds is 11. The summed E-state index contributed by atoms with van der Waals surface area (Å²) in [5.41, 5.74) is -4.07. The van der Waals surface area contributed by atoms with Gasteiger partial charge in [0, 0.05) is 25.7 Å². The Bertz CT molecular complexity index is 2820. The summed E-state index contributed by atoms with van der Waals surface area (Å²) in [7, 11) is -18.9. The summed E-state index contributed by atoms with van der Waals surface area (Å²) in [5, 5.41) is 8.79. The maximum absolute atomic E-state index is 13.7. The Hall–Kier alpha value is -5.61. The van der Waals surface area contributed by atoms with E-state index in [0.29, 0.717) is 52.5 Å². The molecule has 1 fully saturated rings. The van der Waals surface area contributed by atoms with Crippen molar-refractivity contribution < 1.29 is 66.3 Å². The number of nitrogens with one attached hydrogen (secondary N) is 2. The van der Waals surface area contributed by atoms with Gasteiger partial charge >= 0.3 is 0 Å². The van der Waals surface area contributed by atoms with Crippen molar-refractivity contribution in [1.82, 2.24) is 20.0 Å². The second kappa shape index (κ2) is 14.6. The highest BCUT2D eigenvalue weighted by molar-refractivity contribution is 7.87. The molecule has 0 saturated carbocycles. The molecule has 55 heavy (non-hydrogen) atoms. The molecule has 3 amide bonds. The Kier molecular flexibility index (Phi) is 10.7. The third-order valence-electron chi connectivity index (χ3n) is 7.85. The van der Waals surface area contributed by atoms with E-state index in [0.717, 1.165) is 24.4 Å². The van der Waals surface area contributed by atoms with E-state index >= 15 is 0 Å². The van der Waals surface area contributed by atoms with Crippen molar-refractivity contribution in [2.24, 2.45) is 5.10 Å². The van der Waals surface area contributed by atoms with Gasteiger partial charge in [-0.3, -0.25) is 42.5 Å². The summed E-state index contributed by atoms with van der Waals surface area (Å²) < 4.78 is 134. The maximum atomic E-state index is 13.7. The molecule has 1 saturated heterocycles. The minimum Gasteiger partial charge on any atom is -0.354 e. The molecule has 2 aliphatic heterocycles. The Labute approximate surface area is 310 Å². The first-order valence-electron chi connectivity index (χ1n) is 15.0. The zero-order valence-corrected chi connectivity index (χ0v) is 30.8. The molecule has 22 nitrogen and oxygen atoms in total. The quantitative estimate of drug-likeness (QED) is 0.0840. The number of nitrogens with zero attached hydrogens (tertiary/aromatic N) is 4. The molecule has 5 rings (SSSR count). The maximum Gasteiger partial charge on any atom is 0.296 e. The van der Waals surface area contributed by atoms with Crippen LogP contribution in [-0.2, 0) is 50.1 Å². The van der Waals surface area contributed by atoms with Gasteiger partial charge < -0.3 is 10.2 Å². The number of aromatic nitrogens is 2. The van der Waals surface area contributed by atoms with E-state index in [4.69, 9.17) is 0 Å². The monoisotopic (exact) mass is 842 g/mol. The van der Waals surface area contributed by atoms with Crippen LogP contribution in [0.25, 0.3) is 11.8 Å². The van der Waals surface area contributed by atoms with Gasteiger partial charge in [0.1, 0.15) is 15.5 Å². The number of hydrazone groups is 1. The minimum atomic E-state index is -5.15. The van der Waals surface area contributed by atoms with Crippen LogP contribution >= 0.6 is 0 Å². The Morgan fingerprint density at radius 3 is 1.91 bits per heavy atom. The molecule has 0 aliphatic carbocycles. The van der Waals surface area contributed by atoms with E-state index in [2.05, 4.69) is 15.5 Å². The normalized spacial score (nSPS) is 16.6. The van der Waals surface area contributed by atoms with Crippen LogP contribution in [-0.4, -0.2) is 104 Å². The van der Waals surface area contributed by atoms with Crippen LogP contribution in [0.3, 0.4) is 0 Å². The van der Waals surface area contributed by atoms with Crippen molar-refractivity contribution in [1.29, 1.82) is 0 Å². The summed E-state index contributed by atoms with van der Waals surface area (Å²) in [6.07, 6.45) is 5.85. The van der Waals surface area contributed by atoms with E-state index < -0.39 is 106 Å². The molecule has 26 heteroatoms. The number of anilines is 1. The van der Waals surface area contributed by atoms with Gasteiger partial charge in [0.05, 0.1) is 38.5 Å². The van der Waals surface area contributed by atoms with Crippen molar-refractivity contribution in [2.45, 2.75) is 32.4 Å². The number of benzene rings is 2. The lowest BCUT2D eigenvalue weighted by Crippen LogP contribution is -2.24. The van der Waals surface area contributed by atoms with E-state index in [1.165, 1.54) is 18.0 Å². The minimum absolute atomic E-state index is 0.0105. The Balaban J connectivity index is 1.62. The third-order valence-corrected chi connectivity index (χ3v) is 11.4. The molecule has 0 spiro atoms. The Morgan fingerprint density at radius 1 is 0.836 bits per heavy atom. The highest BCUT2D eigenvalue weighted by Crippen LogP contribution is 2.32. The van der Waals surface area contributed by atoms with Crippen LogP contribution in [0.15, 0.2) is 95.4 Å². The third kappa shape index (κ3) is 8.39. The number of likely N-dealkylation sites (tertiary alicyclic amines) is 1. The number of H-pyrrole nitrogens is 1. The van der Waals surface area contributed by atoms with E-state index in [9.17, 15) is 71.1 Å². The molecular weight excluding hydrogens is 817 g/mol. The molecule has 0 atom stereocenters. The topological polar surface area (TPSA) is 337 Å². The number of hydrogen-bond donors (Lipinski definition) is 6. The highest BCUT2D eigenvalue weighted by atomic mass is 32.2. The van der Waals surface area contributed by atoms with Crippen LogP contribution in [0, 0.1) is 0 Å². The number of allylic oxidation sites excluding steroid dienone is 3. The predicted molar refractivity (Wildman–Crippen MR) is 188 cm³/mol. The summed E-state index contributed by atoms with van der Waals surface area (Å²) in [5.74, 6) is -2.43. The zero-order chi connectivity index (χ0) is 40.8. The van der Waals surface area contributed by atoms with Crippen molar-refractivity contribution >= 4 is 76.2 Å². The van der Waals surface area contributed by atoms with E-state index in [1.54, 1.807) is 0 Å². The van der Waals surface area contributed by atoms with Crippen molar-refractivity contribution in [3.05, 3.63) is 87.5 Å². The second-order valence-corrected chi connectivity index (χ2v) is 17.0. The molecule has 2 aromatic carbocycles. The fraction of sp³-hybridized carbons (Fsp3) is 0.138. The fourth-order valence-corrected chi connectivity index (χ4v) is 7.61. The van der Waals surface area contributed by atoms with Gasteiger partial charge in [0.2, 0.25) is 5.91 Å². The Morgan fingerprint density at radius 2 is 1.40 bits per heavy atom. The number of carbonyl (C=O) groups excluding carboxylic acids is 3. The van der Waals surface area contributed by atoms with Gasteiger partial charge in [0.15, 0.2) is 0 Å². The average molecular weight is 843 g/mol. The molecule has 6 N–H and O–H groups in total. The molecule has 0 unspecified atom stereocenters. The number of amides is 3. The van der Waals surface area contributed by atoms with Crippen molar-refractivity contribution in [2.75, 3.05) is 18.6 Å². The zero-order valence-electron chi connectivity index (χ0n) is 27.6. The second-order valence-electron chi connectivity index (χ2n) is 11.3. The number of hydrogen-bond acceptors (Lipinski definition) is 13. The van der Waals surface area contributed by atoms with E-state index in [1.807, 2.05) is 0 Å². The van der Waals surface area contributed by atoms with E-state index in [-0.39, 0.29) is 24.2 Å². The van der Waals surface area contributed by atoms with Crippen LogP contribution in [0.2, 0.25) is 0 Å². The van der Waals surface area contributed by atoms with Gasteiger partial charge in [0.25, 0.3) is 57.8 Å². The summed E-state index contributed by atoms with van der Waals surface area (Å²) >= 11 is 0. The standard InChI is InChI=1S/C29H26N6O16S4/c1-30-27(37)26-20(29(39)35(32-26)22-14-19(53(43,44)45)8-11-24(22)55(49,50)51)9-6-17(33-12-2-3-25(33)36)5-4-16-15-31-34(28(16)38)21-13-18(52(40,41)42)7-10-23(21)54(46,47)48/h4-11,13-15,32H,2-3,12H2,1H3,(H,30,37)(H,40,41,42)(H,43,44,45)(H,46,47,48)(H,49,50,51)/b9-6?,16-4-,17-5?. The lowest BCUT2D eigenvalue weighted by atomic mass is 10.1. The van der Waals surface area contributed by atoms with Gasteiger partial charge in [-0.25, -0.2) is 4.68 Å². The molecule has 3 aromatic rings. The first-order valence-corrected chi connectivity index (χ1v) is 20.7. The summed E-state index contributed by atoms with van der Waals surface area (Å²) in [4.78, 5) is 50.3. The first kappa shape index (κ1) is 40.6. The summed E-state index contributed by atoms with van der Waals surface area (Å²) in [6.45, 7) is 0.131. The SMILES string of the molecule is CNC(=O)c1[nH]n(-c2cc(S(=O)(=O)O)ccc2S(=O)(=O)O)c(=O)c1C=CC(=C/C=C1/C=NN(c2cc(S(=O)(=O)O)ccc2S(=O)(=O)O)C1=O)N1CCCC1=O. The molecule has 292 valence electrons. The van der Waals surface area contributed by atoms with Gasteiger partial charge in [-0.1, -0.05) is 0 Å². The lowest BCUT2D eigenvalue weighted by molar-refractivity contribution is -0.125. The molecule has 3 heterocycles. The molecule has 1 aromatic heterocycles. The highest BCUT2D eigenvalue weighted by Gasteiger charge is 2.32. The van der Waals surface area contributed by atoms with Gasteiger partial charge in [-0.15, -0.1) is 0 Å². The van der Waals surface area contributed by atoms with Crippen molar-refractivity contribution in [3.8, 4) is 5.69 Å². The predicted octanol–water partition coefficient (Wildman–Crippen LogP) is -0.00950. The van der Waals surface area contributed by atoms with Crippen LogP contribution in [0.1, 0.15) is 28.9 Å². The van der Waals surface area contributed by atoms with Crippen LogP contribution in [0.4, 0.5) is 5.69 Å². The average Bonchev–Trinajstić information content (AvgIpc) is 3.78. The first-order chi connectivity index (χ1) is 25.4. The fourth-order valence-electron chi connectivity index (χ4n) is 5.30. The molecule has 2 aliphatic rings. The molecule has 0 radical (unpaired) electrons. The number of carbonyl (C=O) groups is 3. The smallest absolute Gasteiger partial charge is 0.296 e.